The van der Waals surface area contributed by atoms with Crippen LogP contribution in [0.15, 0.2) is 85.7 Å². The number of benzene rings is 2. The lowest BCUT2D eigenvalue weighted by molar-refractivity contribution is 0.0737. The van der Waals surface area contributed by atoms with E-state index >= 15 is 0 Å². The Balaban J connectivity index is 1.31. The van der Waals surface area contributed by atoms with Crippen molar-refractivity contribution in [3.63, 3.8) is 0 Å². The van der Waals surface area contributed by atoms with Crippen molar-refractivity contribution in [3.05, 3.63) is 108 Å². The van der Waals surface area contributed by atoms with Crippen LogP contribution in [0.1, 0.15) is 40.1 Å². The van der Waals surface area contributed by atoms with Gasteiger partial charge in [0.05, 0.1) is 23.0 Å². The zero-order chi connectivity index (χ0) is 24.4. The van der Waals surface area contributed by atoms with E-state index in [0.717, 1.165) is 28.2 Å². The monoisotopic (exact) mass is 466 g/mol. The zero-order valence-corrected chi connectivity index (χ0v) is 19.9. The number of carbonyl (C=O) groups is 1. The van der Waals surface area contributed by atoms with E-state index in [1.54, 1.807) is 29.0 Å². The number of rotatable bonds is 7. The van der Waals surface area contributed by atoms with Crippen LogP contribution in [0.3, 0.4) is 0 Å². The molecule has 0 spiro atoms. The molecule has 0 N–H and O–H groups in total. The van der Waals surface area contributed by atoms with Crippen LogP contribution in [0, 0.1) is 6.92 Å². The standard InChI is InChI=1S/C27H26N6O2/c1-19-7-6-14-32-15-22(30-26(19)32)16-35-25-9-5-4-8-24(25)27(34)31(3)20(2)21-10-12-23(13-11-21)33-18-28-17-29-33/h4-15,17-18,20H,16H2,1-3H3. The molecule has 5 rings (SSSR count). The van der Waals surface area contributed by atoms with Gasteiger partial charge >= 0.3 is 0 Å². The third kappa shape index (κ3) is 4.50. The fraction of sp³-hybridized carbons (Fsp3) is 0.185. The molecule has 8 heteroatoms. The Morgan fingerprint density at radius 3 is 2.63 bits per heavy atom. The molecule has 0 fully saturated rings. The number of imidazole rings is 1. The van der Waals surface area contributed by atoms with Gasteiger partial charge in [0.25, 0.3) is 5.91 Å². The number of fused-ring (bicyclic) bond motifs is 1. The molecule has 0 aliphatic heterocycles. The largest absolute Gasteiger partial charge is 0.486 e. The van der Waals surface area contributed by atoms with Crippen LogP contribution < -0.4 is 4.74 Å². The van der Waals surface area contributed by atoms with Gasteiger partial charge in [-0.2, -0.15) is 5.10 Å². The average Bonchev–Trinajstić information content (AvgIpc) is 3.57. The second-order valence-electron chi connectivity index (χ2n) is 8.46. The van der Waals surface area contributed by atoms with Crippen molar-refractivity contribution in [3.8, 4) is 11.4 Å². The molecule has 3 heterocycles. The van der Waals surface area contributed by atoms with Crippen molar-refractivity contribution in [1.82, 2.24) is 29.0 Å². The molecule has 1 unspecified atom stereocenters. The predicted octanol–water partition coefficient (Wildman–Crippen LogP) is 4.64. The Morgan fingerprint density at radius 1 is 1.09 bits per heavy atom. The molecule has 3 aromatic heterocycles. The summed E-state index contributed by atoms with van der Waals surface area (Å²) in [5.41, 5.74) is 5.24. The summed E-state index contributed by atoms with van der Waals surface area (Å²) < 4.78 is 9.74. The van der Waals surface area contributed by atoms with Crippen LogP contribution >= 0.6 is 0 Å². The third-order valence-corrected chi connectivity index (χ3v) is 6.18. The van der Waals surface area contributed by atoms with E-state index in [1.807, 2.05) is 85.2 Å². The third-order valence-electron chi connectivity index (χ3n) is 6.18. The zero-order valence-electron chi connectivity index (χ0n) is 19.9. The van der Waals surface area contributed by atoms with E-state index in [9.17, 15) is 4.79 Å². The highest BCUT2D eigenvalue weighted by atomic mass is 16.5. The number of ether oxygens (including phenoxy) is 1. The molecule has 0 bridgehead atoms. The number of nitrogens with zero attached hydrogens (tertiary/aromatic N) is 6. The van der Waals surface area contributed by atoms with Gasteiger partial charge in [0.1, 0.15) is 30.7 Å². The molecular weight excluding hydrogens is 440 g/mol. The molecule has 0 aliphatic rings. The number of para-hydroxylation sites is 1. The van der Waals surface area contributed by atoms with Crippen LogP contribution in [-0.2, 0) is 6.61 Å². The molecule has 0 radical (unpaired) electrons. The maximum absolute atomic E-state index is 13.4. The van der Waals surface area contributed by atoms with Gasteiger partial charge in [-0.05, 0) is 55.3 Å². The SMILES string of the molecule is Cc1cccn2cc(COc3ccccc3C(=O)N(C)C(C)c3ccc(-n4cncn4)cc3)nc12. The van der Waals surface area contributed by atoms with Crippen molar-refractivity contribution >= 4 is 11.6 Å². The number of hydrogen-bond acceptors (Lipinski definition) is 5. The highest BCUT2D eigenvalue weighted by molar-refractivity contribution is 5.97. The van der Waals surface area contributed by atoms with Crippen molar-refractivity contribution in [2.75, 3.05) is 7.05 Å². The lowest BCUT2D eigenvalue weighted by Crippen LogP contribution is -2.30. The second-order valence-corrected chi connectivity index (χ2v) is 8.46. The first kappa shape index (κ1) is 22.3. The topological polar surface area (TPSA) is 77.5 Å². The molecule has 35 heavy (non-hydrogen) atoms. The van der Waals surface area contributed by atoms with E-state index in [4.69, 9.17) is 4.74 Å². The van der Waals surface area contributed by atoms with Crippen LogP contribution in [-0.4, -0.2) is 42.0 Å². The van der Waals surface area contributed by atoms with Gasteiger partial charge in [-0.1, -0.05) is 30.3 Å². The number of pyridine rings is 1. The maximum atomic E-state index is 13.4. The normalized spacial score (nSPS) is 12.0. The minimum atomic E-state index is -0.137. The Labute approximate surface area is 203 Å². The fourth-order valence-corrected chi connectivity index (χ4v) is 4.03. The van der Waals surface area contributed by atoms with Crippen molar-refractivity contribution < 1.29 is 9.53 Å². The summed E-state index contributed by atoms with van der Waals surface area (Å²) in [4.78, 5) is 23.8. The van der Waals surface area contributed by atoms with Crippen LogP contribution in [0.4, 0.5) is 0 Å². The van der Waals surface area contributed by atoms with Gasteiger partial charge in [-0.3, -0.25) is 4.79 Å². The number of carbonyl (C=O) groups excluding carboxylic acids is 1. The van der Waals surface area contributed by atoms with Gasteiger partial charge in [-0.25, -0.2) is 14.6 Å². The summed E-state index contributed by atoms with van der Waals surface area (Å²) in [6.45, 7) is 4.30. The number of hydrogen-bond donors (Lipinski definition) is 0. The van der Waals surface area contributed by atoms with E-state index < -0.39 is 0 Å². The number of aromatic nitrogens is 5. The van der Waals surface area contributed by atoms with E-state index in [-0.39, 0.29) is 18.6 Å². The molecule has 1 amide bonds. The molecule has 176 valence electrons. The van der Waals surface area contributed by atoms with Gasteiger partial charge in [0, 0.05) is 19.4 Å². The molecule has 0 saturated carbocycles. The molecular formula is C27H26N6O2. The van der Waals surface area contributed by atoms with E-state index in [2.05, 4.69) is 15.1 Å². The van der Waals surface area contributed by atoms with Gasteiger partial charge < -0.3 is 14.0 Å². The van der Waals surface area contributed by atoms with Gasteiger partial charge in [0.15, 0.2) is 0 Å². The summed E-state index contributed by atoms with van der Waals surface area (Å²) in [6.07, 6.45) is 7.06. The highest BCUT2D eigenvalue weighted by Crippen LogP contribution is 2.26. The first-order chi connectivity index (χ1) is 17.0. The minimum Gasteiger partial charge on any atom is -0.486 e. The Hall–Kier alpha value is -4.46. The van der Waals surface area contributed by atoms with Crippen LogP contribution in [0.2, 0.25) is 0 Å². The quantitative estimate of drug-likeness (QED) is 0.349. The summed E-state index contributed by atoms with van der Waals surface area (Å²) in [5, 5.41) is 4.15. The maximum Gasteiger partial charge on any atom is 0.257 e. The molecule has 0 aliphatic carbocycles. The Bertz CT molecular complexity index is 1460. The molecule has 0 saturated heterocycles. The number of amides is 1. The first-order valence-electron chi connectivity index (χ1n) is 11.4. The van der Waals surface area contributed by atoms with Crippen LogP contribution in [0.25, 0.3) is 11.3 Å². The summed E-state index contributed by atoms with van der Waals surface area (Å²) in [7, 11) is 1.81. The van der Waals surface area contributed by atoms with Crippen molar-refractivity contribution in [2.24, 2.45) is 0 Å². The summed E-state index contributed by atoms with van der Waals surface area (Å²) in [5.74, 6) is 0.422. The molecule has 5 aromatic rings. The van der Waals surface area contributed by atoms with Gasteiger partial charge in [-0.15, -0.1) is 0 Å². The molecule has 1 atom stereocenters. The van der Waals surface area contributed by atoms with Crippen molar-refractivity contribution in [1.29, 1.82) is 0 Å². The van der Waals surface area contributed by atoms with E-state index in [0.29, 0.717) is 11.3 Å². The smallest absolute Gasteiger partial charge is 0.257 e. The molecule has 8 nitrogen and oxygen atoms in total. The van der Waals surface area contributed by atoms with Crippen LogP contribution in [0.5, 0.6) is 5.75 Å². The average molecular weight is 467 g/mol. The molecule has 2 aromatic carbocycles. The first-order valence-corrected chi connectivity index (χ1v) is 11.4. The van der Waals surface area contributed by atoms with Crippen molar-refractivity contribution in [2.45, 2.75) is 26.5 Å². The minimum absolute atomic E-state index is 0.112. The Morgan fingerprint density at radius 2 is 1.89 bits per heavy atom. The van der Waals surface area contributed by atoms with E-state index in [1.165, 1.54) is 6.33 Å². The Kier molecular flexibility index (Phi) is 6.01. The summed E-state index contributed by atoms with van der Waals surface area (Å²) in [6, 6.07) is 19.1. The lowest BCUT2D eigenvalue weighted by Gasteiger charge is -2.26. The second kappa shape index (κ2) is 9.42. The lowest BCUT2D eigenvalue weighted by atomic mass is 10.1. The summed E-state index contributed by atoms with van der Waals surface area (Å²) >= 11 is 0. The number of aryl methyl sites for hydroxylation is 1. The fourth-order valence-electron chi connectivity index (χ4n) is 4.03. The van der Waals surface area contributed by atoms with Gasteiger partial charge in [0.2, 0.25) is 0 Å². The highest BCUT2D eigenvalue weighted by Gasteiger charge is 2.22. The predicted molar refractivity (Wildman–Crippen MR) is 133 cm³/mol.